The second-order valence-corrected chi connectivity index (χ2v) is 4.73. The number of rotatable bonds is 6. The third-order valence-electron chi connectivity index (χ3n) is 2.47. The summed E-state index contributed by atoms with van der Waals surface area (Å²) < 4.78 is 5.25. The third kappa shape index (κ3) is 5.83. The summed E-state index contributed by atoms with van der Waals surface area (Å²) in [6.45, 7) is 3.37. The molecular weight excluding hydrogens is 296 g/mol. The number of Topliss-reactive ketones (excluding diaryl/α,β-unsaturated/α-hetero) is 1. The van der Waals surface area contributed by atoms with E-state index < -0.39 is 11.9 Å². The van der Waals surface area contributed by atoms with E-state index in [0.29, 0.717) is 11.6 Å². The fraction of sp³-hybridized carbons (Fsp3) is 0.357. The van der Waals surface area contributed by atoms with Crippen molar-refractivity contribution in [2.75, 3.05) is 13.2 Å². The number of carbonyl (C=O) groups excluding carboxylic acids is 3. The van der Waals surface area contributed by atoms with Gasteiger partial charge in [-0.1, -0.05) is 18.5 Å². The largest absolute Gasteiger partial charge is 0.483 e. The summed E-state index contributed by atoms with van der Waals surface area (Å²) in [7, 11) is 0. The number of halogens is 1. The molecule has 0 aliphatic rings. The van der Waals surface area contributed by atoms with Gasteiger partial charge >= 0.3 is 6.03 Å². The molecule has 0 unspecified atom stereocenters. The Kier molecular flexibility index (Phi) is 6.68. The maximum absolute atomic E-state index is 11.5. The van der Waals surface area contributed by atoms with E-state index in [9.17, 15) is 14.4 Å². The lowest BCUT2D eigenvalue weighted by atomic mass is 10.1. The van der Waals surface area contributed by atoms with Crippen LogP contribution in [0.1, 0.15) is 30.6 Å². The number of ether oxygens (including phenoxy) is 1. The fourth-order valence-electron chi connectivity index (χ4n) is 1.49. The van der Waals surface area contributed by atoms with Crippen LogP contribution in [0.25, 0.3) is 0 Å². The van der Waals surface area contributed by atoms with Crippen LogP contribution in [0.5, 0.6) is 5.75 Å². The normalized spacial score (nSPS) is 9.86. The van der Waals surface area contributed by atoms with Crippen molar-refractivity contribution < 1.29 is 19.1 Å². The zero-order valence-corrected chi connectivity index (χ0v) is 12.6. The number of imide groups is 1. The highest BCUT2D eigenvalue weighted by Crippen LogP contribution is 2.23. The van der Waals surface area contributed by atoms with Gasteiger partial charge in [-0.2, -0.15) is 0 Å². The Hall–Kier alpha value is -2.08. The van der Waals surface area contributed by atoms with Crippen molar-refractivity contribution in [3.63, 3.8) is 0 Å². The van der Waals surface area contributed by atoms with Crippen LogP contribution in [-0.2, 0) is 4.79 Å². The molecule has 0 spiro atoms. The Morgan fingerprint density at radius 2 is 2.00 bits per heavy atom. The molecule has 0 aliphatic heterocycles. The average Bonchev–Trinajstić information content (AvgIpc) is 2.43. The van der Waals surface area contributed by atoms with Crippen molar-refractivity contribution >= 4 is 29.3 Å². The number of hydrogen-bond acceptors (Lipinski definition) is 4. The van der Waals surface area contributed by atoms with Gasteiger partial charge in [0, 0.05) is 11.6 Å². The van der Waals surface area contributed by atoms with Crippen LogP contribution >= 0.6 is 11.6 Å². The van der Waals surface area contributed by atoms with Gasteiger partial charge in [0.25, 0.3) is 5.91 Å². The van der Waals surface area contributed by atoms with E-state index in [1.165, 1.54) is 19.1 Å². The molecule has 0 aliphatic carbocycles. The molecule has 0 heterocycles. The van der Waals surface area contributed by atoms with Crippen molar-refractivity contribution in [3.8, 4) is 5.75 Å². The monoisotopic (exact) mass is 312 g/mol. The maximum Gasteiger partial charge on any atom is 0.321 e. The van der Waals surface area contributed by atoms with E-state index in [4.69, 9.17) is 16.3 Å². The number of ketones is 1. The minimum Gasteiger partial charge on any atom is -0.483 e. The Bertz CT molecular complexity index is 546. The van der Waals surface area contributed by atoms with Gasteiger partial charge in [0.15, 0.2) is 12.4 Å². The Balaban J connectivity index is 2.57. The van der Waals surface area contributed by atoms with Gasteiger partial charge in [-0.3, -0.25) is 14.9 Å². The fourth-order valence-corrected chi connectivity index (χ4v) is 1.66. The summed E-state index contributed by atoms with van der Waals surface area (Å²) in [6.07, 6.45) is 0.769. The predicted molar refractivity (Wildman–Crippen MR) is 78.8 cm³/mol. The first-order chi connectivity index (χ1) is 9.93. The molecule has 2 N–H and O–H groups in total. The standard InChI is InChI=1S/C14H17ClN2O4/c1-3-6-16-14(20)17-13(19)8-21-12-5-4-10(15)7-11(12)9(2)18/h4-5,7H,3,6,8H2,1-2H3,(H2,16,17,19,20). The molecule has 1 rings (SSSR count). The van der Waals surface area contributed by atoms with E-state index in [-0.39, 0.29) is 23.7 Å². The zero-order valence-electron chi connectivity index (χ0n) is 11.9. The quantitative estimate of drug-likeness (QED) is 0.788. The number of urea groups is 1. The highest BCUT2D eigenvalue weighted by atomic mass is 35.5. The molecule has 0 saturated carbocycles. The van der Waals surface area contributed by atoms with Crippen molar-refractivity contribution in [2.45, 2.75) is 20.3 Å². The average molecular weight is 313 g/mol. The lowest BCUT2D eigenvalue weighted by molar-refractivity contribution is -0.122. The van der Waals surface area contributed by atoms with Gasteiger partial charge in [-0.25, -0.2) is 4.79 Å². The van der Waals surface area contributed by atoms with Gasteiger partial charge in [0.05, 0.1) is 5.56 Å². The summed E-state index contributed by atoms with van der Waals surface area (Å²) in [6, 6.07) is 3.94. The van der Waals surface area contributed by atoms with Crippen molar-refractivity contribution in [1.82, 2.24) is 10.6 Å². The SMILES string of the molecule is CCCNC(=O)NC(=O)COc1ccc(Cl)cc1C(C)=O. The van der Waals surface area contributed by atoms with Crippen LogP contribution in [0, 0.1) is 0 Å². The summed E-state index contributed by atoms with van der Waals surface area (Å²) in [4.78, 5) is 34.3. The lowest BCUT2D eigenvalue weighted by Gasteiger charge is -2.10. The first kappa shape index (κ1) is 17.0. The first-order valence-corrected chi connectivity index (χ1v) is 6.82. The summed E-state index contributed by atoms with van der Waals surface area (Å²) in [5, 5.41) is 5.02. The molecule has 0 bridgehead atoms. The number of amides is 3. The Labute approximate surface area is 127 Å². The Morgan fingerprint density at radius 3 is 2.62 bits per heavy atom. The lowest BCUT2D eigenvalue weighted by Crippen LogP contribution is -2.41. The molecule has 1 aromatic carbocycles. The van der Waals surface area contributed by atoms with Gasteiger partial charge in [0.1, 0.15) is 5.75 Å². The molecule has 0 fully saturated rings. The number of benzene rings is 1. The number of nitrogens with one attached hydrogen (secondary N) is 2. The molecule has 7 heteroatoms. The number of carbonyl (C=O) groups is 3. The van der Waals surface area contributed by atoms with Crippen LogP contribution in [0.4, 0.5) is 4.79 Å². The first-order valence-electron chi connectivity index (χ1n) is 6.45. The van der Waals surface area contributed by atoms with Gasteiger partial charge in [-0.05, 0) is 31.5 Å². The van der Waals surface area contributed by atoms with E-state index in [1.54, 1.807) is 6.07 Å². The molecule has 114 valence electrons. The summed E-state index contributed by atoms with van der Waals surface area (Å²) >= 11 is 5.80. The van der Waals surface area contributed by atoms with Gasteiger partial charge in [0.2, 0.25) is 0 Å². The number of hydrogen-bond donors (Lipinski definition) is 2. The highest BCUT2D eigenvalue weighted by molar-refractivity contribution is 6.31. The molecule has 0 atom stereocenters. The van der Waals surface area contributed by atoms with Crippen LogP contribution < -0.4 is 15.4 Å². The van der Waals surface area contributed by atoms with Crippen molar-refractivity contribution in [1.29, 1.82) is 0 Å². The highest BCUT2D eigenvalue weighted by Gasteiger charge is 2.12. The van der Waals surface area contributed by atoms with Crippen molar-refractivity contribution in [2.24, 2.45) is 0 Å². The summed E-state index contributed by atoms with van der Waals surface area (Å²) in [5.41, 5.74) is 0.283. The molecule has 6 nitrogen and oxygen atoms in total. The maximum atomic E-state index is 11.5. The summed E-state index contributed by atoms with van der Waals surface area (Å²) in [5.74, 6) is -0.585. The minimum absolute atomic E-state index is 0.228. The molecule has 0 saturated heterocycles. The Morgan fingerprint density at radius 1 is 1.29 bits per heavy atom. The van der Waals surface area contributed by atoms with Crippen molar-refractivity contribution in [3.05, 3.63) is 28.8 Å². The molecule has 3 amide bonds. The molecule has 21 heavy (non-hydrogen) atoms. The van der Waals surface area contributed by atoms with Gasteiger partial charge < -0.3 is 10.1 Å². The minimum atomic E-state index is -0.604. The van der Waals surface area contributed by atoms with Crippen LogP contribution in [-0.4, -0.2) is 30.9 Å². The predicted octanol–water partition coefficient (Wildman–Crippen LogP) is 2.16. The van der Waals surface area contributed by atoms with E-state index in [2.05, 4.69) is 10.6 Å². The van der Waals surface area contributed by atoms with Gasteiger partial charge in [-0.15, -0.1) is 0 Å². The molecular formula is C14H17ClN2O4. The zero-order chi connectivity index (χ0) is 15.8. The smallest absolute Gasteiger partial charge is 0.321 e. The van der Waals surface area contributed by atoms with Crippen LogP contribution in [0.2, 0.25) is 5.02 Å². The molecule has 0 aromatic heterocycles. The second-order valence-electron chi connectivity index (χ2n) is 4.29. The van der Waals surface area contributed by atoms with E-state index in [1.807, 2.05) is 6.92 Å². The second kappa shape index (κ2) is 8.26. The van der Waals surface area contributed by atoms with E-state index >= 15 is 0 Å². The van der Waals surface area contributed by atoms with Crippen LogP contribution in [0.3, 0.4) is 0 Å². The molecule has 1 aromatic rings. The van der Waals surface area contributed by atoms with Crippen LogP contribution in [0.15, 0.2) is 18.2 Å². The topological polar surface area (TPSA) is 84.5 Å². The van der Waals surface area contributed by atoms with E-state index in [0.717, 1.165) is 6.42 Å². The third-order valence-corrected chi connectivity index (χ3v) is 2.70. The molecule has 0 radical (unpaired) electrons.